The maximum Gasteiger partial charge on any atom is -0.0233 e. The van der Waals surface area contributed by atoms with E-state index in [4.69, 9.17) is 0 Å². The highest BCUT2D eigenvalue weighted by Gasteiger charge is 2.15. The molecule has 0 fully saturated rings. The van der Waals surface area contributed by atoms with Gasteiger partial charge in [0.25, 0.3) is 0 Å². The molecule has 0 atom stereocenters. The van der Waals surface area contributed by atoms with E-state index in [0.717, 1.165) is 0 Å². The maximum absolute atomic E-state index is 2.40. The molecule has 0 aliphatic carbocycles. The SMILES string of the molecule is CC=CC=S(C)(C)(C=CC)CCC. The van der Waals surface area contributed by atoms with Crippen molar-refractivity contribution in [1.29, 1.82) is 0 Å². The summed E-state index contributed by atoms with van der Waals surface area (Å²) in [7, 11) is -1.38. The molecule has 0 aromatic rings. The van der Waals surface area contributed by atoms with E-state index in [1.807, 2.05) is 0 Å². The van der Waals surface area contributed by atoms with Gasteiger partial charge in [-0.2, -0.15) is 0 Å². The van der Waals surface area contributed by atoms with Gasteiger partial charge in [-0.15, -0.1) is 0 Å². The second-order valence-corrected chi connectivity index (χ2v) is 9.98. The van der Waals surface area contributed by atoms with Gasteiger partial charge in [-0.1, -0.05) is 35.9 Å². The van der Waals surface area contributed by atoms with E-state index >= 15 is 0 Å². The molecule has 0 rings (SSSR count). The van der Waals surface area contributed by atoms with Gasteiger partial charge in [0, 0.05) is 0 Å². The maximum atomic E-state index is 2.40. The van der Waals surface area contributed by atoms with Crippen molar-refractivity contribution >= 4 is 14.1 Å². The second-order valence-electron chi connectivity index (χ2n) is 4.23. The average Bonchev–Trinajstić information content (AvgIpc) is 2.02. The zero-order valence-electron chi connectivity index (χ0n) is 9.71. The summed E-state index contributed by atoms with van der Waals surface area (Å²) >= 11 is 0. The van der Waals surface area contributed by atoms with Crippen LogP contribution in [0.4, 0.5) is 0 Å². The molecular formula is C12H24S. The molecule has 1 heteroatoms. The van der Waals surface area contributed by atoms with Gasteiger partial charge >= 0.3 is 0 Å². The number of allylic oxidation sites excluding steroid dienone is 3. The molecule has 0 aliphatic heterocycles. The molecular weight excluding hydrogens is 176 g/mol. The summed E-state index contributed by atoms with van der Waals surface area (Å²) in [5.74, 6) is 1.30. The van der Waals surface area contributed by atoms with Crippen LogP contribution in [0.25, 0.3) is 0 Å². The van der Waals surface area contributed by atoms with E-state index in [0.29, 0.717) is 0 Å². The minimum Gasteiger partial charge on any atom is -0.233 e. The van der Waals surface area contributed by atoms with Gasteiger partial charge in [-0.25, -0.2) is 8.75 Å². The Bertz CT molecular complexity index is 261. The van der Waals surface area contributed by atoms with Crippen LogP contribution in [0.1, 0.15) is 27.2 Å². The zero-order valence-corrected chi connectivity index (χ0v) is 10.5. The summed E-state index contributed by atoms with van der Waals surface area (Å²) in [5.41, 5.74) is 0. The number of hydrogen-bond acceptors (Lipinski definition) is 0. The lowest BCUT2D eigenvalue weighted by molar-refractivity contribution is 1.10. The Balaban J connectivity index is 5.13. The van der Waals surface area contributed by atoms with Crippen molar-refractivity contribution in [2.75, 3.05) is 18.3 Å². The fourth-order valence-electron chi connectivity index (χ4n) is 1.61. The molecule has 0 radical (unpaired) electrons. The Labute approximate surface area is 83.6 Å². The first-order valence-electron chi connectivity index (χ1n) is 4.94. The van der Waals surface area contributed by atoms with Crippen LogP contribution in [0.3, 0.4) is 0 Å². The van der Waals surface area contributed by atoms with E-state index in [9.17, 15) is 0 Å². The fourth-order valence-corrected chi connectivity index (χ4v) is 4.83. The Morgan fingerprint density at radius 3 is 2.08 bits per heavy atom. The summed E-state index contributed by atoms with van der Waals surface area (Å²) in [6.07, 6.45) is 12.6. The third-order valence-electron chi connectivity index (χ3n) is 2.15. The van der Waals surface area contributed by atoms with Crippen LogP contribution in [-0.2, 0) is 0 Å². The molecule has 0 saturated heterocycles. The lowest BCUT2D eigenvalue weighted by Gasteiger charge is -2.38. The van der Waals surface area contributed by atoms with Crippen LogP contribution in [0.5, 0.6) is 0 Å². The molecule has 0 aromatic heterocycles. The molecule has 13 heavy (non-hydrogen) atoms. The van der Waals surface area contributed by atoms with Crippen molar-refractivity contribution in [2.45, 2.75) is 27.2 Å². The molecule has 0 aliphatic rings. The van der Waals surface area contributed by atoms with Gasteiger partial charge < -0.3 is 0 Å². The van der Waals surface area contributed by atoms with Crippen LogP contribution in [0.15, 0.2) is 23.6 Å². The predicted molar refractivity (Wildman–Crippen MR) is 70.3 cm³/mol. The van der Waals surface area contributed by atoms with Crippen molar-refractivity contribution in [3.8, 4) is 0 Å². The molecule has 0 N–H and O–H groups in total. The number of hydrogen-bond donors (Lipinski definition) is 0. The van der Waals surface area contributed by atoms with Crippen LogP contribution >= 0.6 is 8.75 Å². The predicted octanol–water partition coefficient (Wildman–Crippen LogP) is 3.91. The first kappa shape index (κ1) is 12.7. The summed E-state index contributed by atoms with van der Waals surface area (Å²) in [5, 5.41) is 4.81. The van der Waals surface area contributed by atoms with E-state index in [1.165, 1.54) is 12.2 Å². The van der Waals surface area contributed by atoms with E-state index in [2.05, 4.69) is 62.3 Å². The van der Waals surface area contributed by atoms with E-state index < -0.39 is 8.75 Å². The van der Waals surface area contributed by atoms with Gasteiger partial charge in [-0.3, -0.25) is 0 Å². The van der Waals surface area contributed by atoms with Crippen molar-refractivity contribution in [2.24, 2.45) is 0 Å². The minimum absolute atomic E-state index is 1.26. The van der Waals surface area contributed by atoms with Crippen molar-refractivity contribution in [1.82, 2.24) is 0 Å². The first-order valence-corrected chi connectivity index (χ1v) is 8.09. The summed E-state index contributed by atoms with van der Waals surface area (Å²) in [4.78, 5) is 0. The lowest BCUT2D eigenvalue weighted by Crippen LogP contribution is -2.08. The summed E-state index contributed by atoms with van der Waals surface area (Å²) in [6.45, 7) is 6.45. The molecule has 0 spiro atoms. The molecule has 78 valence electrons. The van der Waals surface area contributed by atoms with Crippen molar-refractivity contribution in [3.05, 3.63) is 23.6 Å². The van der Waals surface area contributed by atoms with Crippen LogP contribution < -0.4 is 0 Å². The largest absolute Gasteiger partial charge is 0.233 e. The molecule has 0 aromatic carbocycles. The van der Waals surface area contributed by atoms with E-state index in [1.54, 1.807) is 0 Å². The highest BCUT2D eigenvalue weighted by molar-refractivity contribution is 8.48. The Morgan fingerprint density at radius 1 is 1.08 bits per heavy atom. The summed E-state index contributed by atoms with van der Waals surface area (Å²) in [6, 6.07) is 0. The van der Waals surface area contributed by atoms with E-state index in [-0.39, 0.29) is 0 Å². The molecule has 0 nitrogen and oxygen atoms in total. The Morgan fingerprint density at radius 2 is 1.69 bits per heavy atom. The molecule has 0 unspecified atom stereocenters. The van der Waals surface area contributed by atoms with Crippen LogP contribution in [-0.4, -0.2) is 23.6 Å². The third-order valence-corrected chi connectivity index (χ3v) is 6.06. The monoisotopic (exact) mass is 200 g/mol. The average molecular weight is 200 g/mol. The normalized spacial score (nSPS) is 16.2. The van der Waals surface area contributed by atoms with Gasteiger partial charge in [0.2, 0.25) is 0 Å². The van der Waals surface area contributed by atoms with Crippen molar-refractivity contribution < 1.29 is 0 Å². The Kier molecular flexibility index (Phi) is 4.69. The number of rotatable bonds is 4. The standard InChI is InChI=1S/C12H24S/c1-6-9-12-13(4,5,10-7-2)11-8-3/h6-7,9-10,12H,8,11H2,1-5H3. The molecule has 0 bridgehead atoms. The molecule has 0 amide bonds. The van der Waals surface area contributed by atoms with Gasteiger partial charge in [0.05, 0.1) is 0 Å². The highest BCUT2D eigenvalue weighted by atomic mass is 32.3. The summed E-state index contributed by atoms with van der Waals surface area (Å²) < 4.78 is 0. The quantitative estimate of drug-likeness (QED) is 0.477. The van der Waals surface area contributed by atoms with Crippen LogP contribution in [0, 0.1) is 0 Å². The van der Waals surface area contributed by atoms with Gasteiger partial charge in [-0.05, 0) is 38.5 Å². The zero-order chi connectivity index (χ0) is 10.4. The lowest BCUT2D eigenvalue weighted by atomic mass is 10.6. The smallest absolute Gasteiger partial charge is 0.0233 e. The minimum atomic E-state index is -1.38. The van der Waals surface area contributed by atoms with Crippen molar-refractivity contribution in [3.63, 3.8) is 0 Å². The topological polar surface area (TPSA) is 0 Å². The molecule has 0 saturated carbocycles. The molecule has 0 heterocycles. The van der Waals surface area contributed by atoms with Gasteiger partial charge in [0.1, 0.15) is 0 Å². The van der Waals surface area contributed by atoms with Crippen LogP contribution in [0.2, 0.25) is 0 Å². The highest BCUT2D eigenvalue weighted by Crippen LogP contribution is 2.53. The van der Waals surface area contributed by atoms with Gasteiger partial charge in [0.15, 0.2) is 0 Å². The second kappa shape index (κ2) is 4.80. The Hall–Kier alpha value is -0.300. The third kappa shape index (κ3) is 4.47. The fraction of sp³-hybridized carbons (Fsp3) is 0.583. The first-order chi connectivity index (χ1) is 5.96.